The first-order valence-electron chi connectivity index (χ1n) is 5.90. The highest BCUT2D eigenvalue weighted by molar-refractivity contribution is 6.31. The van der Waals surface area contributed by atoms with Crippen molar-refractivity contribution in [2.75, 3.05) is 19.6 Å². The molecule has 1 saturated heterocycles. The van der Waals surface area contributed by atoms with Gasteiger partial charge in [0.05, 0.1) is 0 Å². The van der Waals surface area contributed by atoms with Crippen LogP contribution in [0.15, 0.2) is 18.2 Å². The zero-order valence-corrected chi connectivity index (χ0v) is 11.0. The van der Waals surface area contributed by atoms with E-state index >= 15 is 0 Å². The minimum absolute atomic E-state index is 0.00719. The number of nitrogens with one attached hydrogen (secondary N) is 1. The molecule has 0 radical (unpaired) electrons. The van der Waals surface area contributed by atoms with E-state index in [0.717, 1.165) is 5.56 Å². The van der Waals surface area contributed by atoms with Gasteiger partial charge in [0, 0.05) is 36.6 Å². The molecule has 2 amide bonds. The second kappa shape index (κ2) is 5.40. The molecule has 1 aliphatic rings. The van der Waals surface area contributed by atoms with Gasteiger partial charge in [-0.05, 0) is 24.6 Å². The first-order valence-corrected chi connectivity index (χ1v) is 6.28. The van der Waals surface area contributed by atoms with Crippen molar-refractivity contribution in [1.82, 2.24) is 10.2 Å². The molecule has 0 aliphatic carbocycles. The monoisotopic (exact) mass is 266 g/mol. The van der Waals surface area contributed by atoms with E-state index in [-0.39, 0.29) is 11.8 Å². The van der Waals surface area contributed by atoms with Crippen molar-refractivity contribution >= 4 is 23.4 Å². The Morgan fingerprint density at radius 3 is 2.89 bits per heavy atom. The fraction of sp³-hybridized carbons (Fsp3) is 0.385. The van der Waals surface area contributed by atoms with Crippen molar-refractivity contribution in [2.45, 2.75) is 13.3 Å². The maximum absolute atomic E-state index is 12.3. The Morgan fingerprint density at radius 2 is 2.17 bits per heavy atom. The van der Waals surface area contributed by atoms with Gasteiger partial charge in [-0.15, -0.1) is 0 Å². The van der Waals surface area contributed by atoms with Gasteiger partial charge in [0.25, 0.3) is 5.91 Å². The summed E-state index contributed by atoms with van der Waals surface area (Å²) in [5, 5.41) is 3.33. The van der Waals surface area contributed by atoms with Gasteiger partial charge in [-0.1, -0.05) is 17.7 Å². The van der Waals surface area contributed by atoms with Gasteiger partial charge in [0.15, 0.2) is 0 Å². The average Bonchev–Trinajstić information content (AvgIpc) is 2.57. The SMILES string of the molecule is Cc1ccc(C(=O)N2CCNC(=O)CC2)cc1Cl. The Balaban J connectivity index is 2.14. The maximum Gasteiger partial charge on any atom is 0.253 e. The zero-order chi connectivity index (χ0) is 13.1. The molecule has 4 nitrogen and oxygen atoms in total. The Labute approximate surface area is 111 Å². The third-order valence-corrected chi connectivity index (χ3v) is 3.43. The smallest absolute Gasteiger partial charge is 0.253 e. The third-order valence-electron chi connectivity index (χ3n) is 3.02. The number of aryl methyl sites for hydroxylation is 1. The van der Waals surface area contributed by atoms with Crippen molar-refractivity contribution in [2.24, 2.45) is 0 Å². The van der Waals surface area contributed by atoms with Crippen LogP contribution in [0.4, 0.5) is 0 Å². The summed E-state index contributed by atoms with van der Waals surface area (Å²) in [6.07, 6.45) is 0.353. The molecule has 0 bridgehead atoms. The molecule has 0 aromatic heterocycles. The molecule has 1 heterocycles. The minimum atomic E-state index is -0.0756. The molecule has 2 rings (SSSR count). The summed E-state index contributed by atoms with van der Waals surface area (Å²) in [7, 11) is 0. The molecule has 0 atom stereocenters. The molecule has 1 aromatic carbocycles. The molecular weight excluding hydrogens is 252 g/mol. The van der Waals surface area contributed by atoms with Gasteiger partial charge in [-0.2, -0.15) is 0 Å². The molecule has 0 unspecified atom stereocenters. The van der Waals surface area contributed by atoms with Crippen LogP contribution in [-0.4, -0.2) is 36.3 Å². The second-order valence-corrected chi connectivity index (χ2v) is 4.76. The molecule has 5 heteroatoms. The lowest BCUT2D eigenvalue weighted by Gasteiger charge is -2.19. The predicted molar refractivity (Wildman–Crippen MR) is 69.7 cm³/mol. The maximum atomic E-state index is 12.3. The number of halogens is 1. The van der Waals surface area contributed by atoms with Crippen molar-refractivity contribution in [1.29, 1.82) is 0 Å². The van der Waals surface area contributed by atoms with Gasteiger partial charge >= 0.3 is 0 Å². The number of amides is 2. The standard InChI is InChI=1S/C13H15ClN2O2/c1-9-2-3-10(8-11(9)14)13(18)16-6-4-12(17)15-5-7-16/h2-3,8H,4-7H2,1H3,(H,15,17). The molecule has 1 N–H and O–H groups in total. The first-order chi connectivity index (χ1) is 8.58. The number of benzene rings is 1. The summed E-state index contributed by atoms with van der Waals surface area (Å²) in [5.41, 5.74) is 1.51. The van der Waals surface area contributed by atoms with Gasteiger partial charge in [-0.3, -0.25) is 9.59 Å². The summed E-state index contributed by atoms with van der Waals surface area (Å²) in [5.74, 6) is -0.0827. The van der Waals surface area contributed by atoms with E-state index in [2.05, 4.69) is 5.32 Å². The van der Waals surface area contributed by atoms with Gasteiger partial charge in [0.2, 0.25) is 5.91 Å². The molecule has 1 aliphatic heterocycles. The van der Waals surface area contributed by atoms with E-state index in [4.69, 9.17) is 11.6 Å². The third kappa shape index (κ3) is 2.82. The number of carbonyl (C=O) groups excluding carboxylic acids is 2. The summed E-state index contributed by atoms with van der Waals surface area (Å²) < 4.78 is 0. The van der Waals surface area contributed by atoms with Crippen LogP contribution in [0.5, 0.6) is 0 Å². The zero-order valence-electron chi connectivity index (χ0n) is 10.2. The Morgan fingerprint density at radius 1 is 1.39 bits per heavy atom. The summed E-state index contributed by atoms with van der Waals surface area (Å²) >= 11 is 6.02. The van der Waals surface area contributed by atoms with Crippen molar-refractivity contribution in [3.63, 3.8) is 0 Å². The van der Waals surface area contributed by atoms with Crippen molar-refractivity contribution in [3.05, 3.63) is 34.3 Å². The molecule has 0 saturated carbocycles. The summed E-state index contributed by atoms with van der Waals surface area (Å²) in [4.78, 5) is 25.1. The number of hydrogen-bond acceptors (Lipinski definition) is 2. The van der Waals surface area contributed by atoms with Crippen LogP contribution in [0.25, 0.3) is 0 Å². The molecule has 1 aromatic rings. The van der Waals surface area contributed by atoms with E-state index < -0.39 is 0 Å². The fourth-order valence-corrected chi connectivity index (χ4v) is 2.06. The van der Waals surface area contributed by atoms with Crippen molar-refractivity contribution in [3.8, 4) is 0 Å². The fourth-order valence-electron chi connectivity index (χ4n) is 1.88. The van der Waals surface area contributed by atoms with E-state index in [9.17, 15) is 9.59 Å². The van der Waals surface area contributed by atoms with E-state index in [0.29, 0.717) is 36.6 Å². The topological polar surface area (TPSA) is 49.4 Å². The average molecular weight is 267 g/mol. The Bertz CT molecular complexity index is 488. The lowest BCUT2D eigenvalue weighted by molar-refractivity contribution is -0.120. The quantitative estimate of drug-likeness (QED) is 0.840. The summed E-state index contributed by atoms with van der Waals surface area (Å²) in [6, 6.07) is 5.28. The minimum Gasteiger partial charge on any atom is -0.354 e. The molecule has 0 spiro atoms. The largest absolute Gasteiger partial charge is 0.354 e. The van der Waals surface area contributed by atoms with E-state index in [1.807, 2.05) is 13.0 Å². The lowest BCUT2D eigenvalue weighted by atomic mass is 10.1. The van der Waals surface area contributed by atoms with Crippen LogP contribution in [0.1, 0.15) is 22.3 Å². The normalized spacial score (nSPS) is 16.1. The van der Waals surface area contributed by atoms with Crippen LogP contribution in [-0.2, 0) is 4.79 Å². The van der Waals surface area contributed by atoms with Crippen LogP contribution >= 0.6 is 11.6 Å². The second-order valence-electron chi connectivity index (χ2n) is 4.36. The van der Waals surface area contributed by atoms with Crippen LogP contribution in [0, 0.1) is 6.92 Å². The van der Waals surface area contributed by atoms with Crippen LogP contribution in [0.3, 0.4) is 0 Å². The first kappa shape index (κ1) is 12.9. The van der Waals surface area contributed by atoms with E-state index in [1.54, 1.807) is 17.0 Å². The predicted octanol–water partition coefficient (Wildman–Crippen LogP) is 1.61. The van der Waals surface area contributed by atoms with Crippen LogP contribution in [0.2, 0.25) is 5.02 Å². The van der Waals surface area contributed by atoms with Gasteiger partial charge < -0.3 is 10.2 Å². The van der Waals surface area contributed by atoms with Crippen molar-refractivity contribution < 1.29 is 9.59 Å². The molecule has 96 valence electrons. The Kier molecular flexibility index (Phi) is 3.87. The number of carbonyl (C=O) groups is 2. The summed E-state index contributed by atoms with van der Waals surface area (Å²) in [6.45, 7) is 3.39. The van der Waals surface area contributed by atoms with E-state index in [1.165, 1.54) is 0 Å². The molecular formula is C13H15ClN2O2. The van der Waals surface area contributed by atoms with Gasteiger partial charge in [0.1, 0.15) is 0 Å². The lowest BCUT2D eigenvalue weighted by Crippen LogP contribution is -2.34. The van der Waals surface area contributed by atoms with Crippen LogP contribution < -0.4 is 5.32 Å². The number of rotatable bonds is 1. The number of nitrogens with zero attached hydrogens (tertiary/aromatic N) is 1. The Hall–Kier alpha value is -1.55. The van der Waals surface area contributed by atoms with Gasteiger partial charge in [-0.25, -0.2) is 0 Å². The highest BCUT2D eigenvalue weighted by atomic mass is 35.5. The molecule has 1 fully saturated rings. The number of hydrogen-bond donors (Lipinski definition) is 1. The highest BCUT2D eigenvalue weighted by Crippen LogP contribution is 2.18. The molecule has 18 heavy (non-hydrogen) atoms. The highest BCUT2D eigenvalue weighted by Gasteiger charge is 2.19.